The number of nitrogens with zero attached hydrogens (tertiary/aromatic N) is 2. The van der Waals surface area contributed by atoms with Gasteiger partial charge in [0.15, 0.2) is 6.10 Å². The molecule has 0 aromatic heterocycles. The number of amides is 1. The van der Waals surface area contributed by atoms with Gasteiger partial charge in [0.2, 0.25) is 12.1 Å². The summed E-state index contributed by atoms with van der Waals surface area (Å²) in [6.45, 7) is 3.50. The van der Waals surface area contributed by atoms with Crippen molar-refractivity contribution in [2.75, 3.05) is 0 Å². The van der Waals surface area contributed by atoms with Crippen molar-refractivity contribution in [2.45, 2.75) is 45.3 Å². The van der Waals surface area contributed by atoms with E-state index in [1.54, 1.807) is 6.08 Å². The van der Waals surface area contributed by atoms with E-state index in [0.717, 1.165) is 19.3 Å². The monoisotopic (exact) mass is 229 g/mol. The van der Waals surface area contributed by atoms with E-state index in [1.807, 2.05) is 0 Å². The minimum atomic E-state index is -1.43. The van der Waals surface area contributed by atoms with Crippen LogP contribution >= 0.6 is 0 Å². The topological polar surface area (TPSA) is 102 Å². The summed E-state index contributed by atoms with van der Waals surface area (Å²) < 4.78 is 0. The number of nitrogens with two attached hydrogens (primary N) is 1. The van der Waals surface area contributed by atoms with Crippen molar-refractivity contribution in [1.82, 2.24) is 0 Å². The summed E-state index contributed by atoms with van der Waals surface area (Å²) in [6, 6.07) is -0.842. The minimum Gasteiger partial charge on any atom is -0.595 e. The predicted octanol–water partition coefficient (Wildman–Crippen LogP) is 0.887. The van der Waals surface area contributed by atoms with E-state index in [2.05, 4.69) is 12.0 Å². The van der Waals surface area contributed by atoms with Gasteiger partial charge in [-0.3, -0.25) is 4.79 Å². The van der Waals surface area contributed by atoms with Gasteiger partial charge in [0.25, 0.3) is 0 Å². The summed E-state index contributed by atoms with van der Waals surface area (Å²) in [5.41, 5.74) is 4.86. The summed E-state index contributed by atoms with van der Waals surface area (Å²) in [5.74, 6) is -0.889. The first-order valence-corrected chi connectivity index (χ1v) is 5.30. The molecule has 0 saturated carbocycles. The van der Waals surface area contributed by atoms with Crippen LogP contribution in [-0.4, -0.2) is 28.0 Å². The number of aliphatic hydroxyl groups excluding tert-OH is 1. The molecule has 0 fully saturated rings. The molecule has 92 valence electrons. The Morgan fingerprint density at radius 2 is 2.31 bits per heavy atom. The van der Waals surface area contributed by atoms with E-state index in [4.69, 9.17) is 5.73 Å². The zero-order valence-electron chi connectivity index (χ0n) is 9.67. The molecule has 0 saturated heterocycles. The Balaban J connectivity index is 4.20. The normalized spacial score (nSPS) is 16.3. The summed E-state index contributed by atoms with van der Waals surface area (Å²) in [7, 11) is 0. The van der Waals surface area contributed by atoms with Crippen LogP contribution in [-0.2, 0) is 4.79 Å². The molecule has 16 heavy (non-hydrogen) atoms. The van der Waals surface area contributed by atoms with Crippen molar-refractivity contribution in [3.05, 3.63) is 17.5 Å². The smallest absolute Gasteiger partial charge is 0.248 e. The van der Waals surface area contributed by atoms with Gasteiger partial charge in [-0.05, 0) is 31.0 Å². The van der Waals surface area contributed by atoms with Crippen LogP contribution in [0.5, 0.6) is 0 Å². The number of carbonyl (C=O) groups is 1. The van der Waals surface area contributed by atoms with Crippen molar-refractivity contribution in [3.63, 3.8) is 0 Å². The first-order chi connectivity index (χ1) is 7.49. The first kappa shape index (κ1) is 14.6. The van der Waals surface area contributed by atoms with Crippen molar-refractivity contribution in [3.8, 4) is 0 Å². The highest BCUT2D eigenvalue weighted by Gasteiger charge is 2.21. The van der Waals surface area contributed by atoms with Crippen molar-refractivity contribution < 1.29 is 14.8 Å². The predicted molar refractivity (Wildman–Crippen MR) is 59.4 cm³/mol. The van der Waals surface area contributed by atoms with Gasteiger partial charge < -0.3 is 16.0 Å². The average molecular weight is 229 g/mol. The van der Waals surface area contributed by atoms with Gasteiger partial charge in [-0.2, -0.15) is 0 Å². The van der Waals surface area contributed by atoms with Crippen LogP contribution in [0.2, 0.25) is 0 Å². The molecule has 1 amide bonds. The molecule has 0 aliphatic heterocycles. The fourth-order valence-corrected chi connectivity index (χ4v) is 1.01. The summed E-state index contributed by atoms with van der Waals surface area (Å²) in [6.07, 6.45) is 4.39. The number of azo groups is 1. The molecule has 0 spiro atoms. The maximum Gasteiger partial charge on any atom is 0.248 e. The summed E-state index contributed by atoms with van der Waals surface area (Å²) in [4.78, 5) is 10.9. The Morgan fingerprint density at radius 1 is 1.69 bits per heavy atom. The number of hydrogen-bond acceptors (Lipinski definition) is 4. The van der Waals surface area contributed by atoms with Gasteiger partial charge in [-0.15, -0.1) is 0 Å². The maximum atomic E-state index is 11.1. The van der Waals surface area contributed by atoms with Crippen molar-refractivity contribution in [2.24, 2.45) is 10.8 Å². The number of hydroxylamine groups is 1. The number of hydrogen-bond donors (Lipinski definition) is 2. The fraction of sp³-hybridized carbons (Fsp3) is 0.700. The average Bonchev–Trinajstić information content (AvgIpc) is 2.23. The van der Waals surface area contributed by atoms with Crippen LogP contribution < -0.4 is 5.73 Å². The van der Waals surface area contributed by atoms with Crippen LogP contribution in [0.3, 0.4) is 0 Å². The highest BCUT2D eigenvalue weighted by molar-refractivity contribution is 5.79. The SMILES string of the molecule is CCCC/C=C/[N+]([O-])=NC(C)C(O)C(N)=O. The summed E-state index contributed by atoms with van der Waals surface area (Å²) in [5, 5.41) is 23.9. The molecule has 0 radical (unpaired) electrons. The van der Waals surface area contributed by atoms with E-state index in [0.29, 0.717) is 4.86 Å². The lowest BCUT2D eigenvalue weighted by molar-refractivity contribution is -0.463. The van der Waals surface area contributed by atoms with Gasteiger partial charge in [-0.1, -0.05) is 18.2 Å². The van der Waals surface area contributed by atoms with Crippen LogP contribution in [0.15, 0.2) is 17.4 Å². The van der Waals surface area contributed by atoms with Gasteiger partial charge in [0.05, 0.1) is 0 Å². The Labute approximate surface area is 95.0 Å². The van der Waals surface area contributed by atoms with Gasteiger partial charge in [0.1, 0.15) is 6.04 Å². The van der Waals surface area contributed by atoms with Crippen molar-refractivity contribution in [1.29, 1.82) is 0 Å². The van der Waals surface area contributed by atoms with E-state index in [1.165, 1.54) is 13.1 Å². The van der Waals surface area contributed by atoms with E-state index in [9.17, 15) is 15.1 Å². The Kier molecular flexibility index (Phi) is 7.11. The Hall–Kier alpha value is -1.43. The zero-order valence-corrected chi connectivity index (χ0v) is 9.67. The maximum absolute atomic E-state index is 11.1. The fourth-order valence-electron chi connectivity index (χ4n) is 1.01. The van der Waals surface area contributed by atoms with Crippen LogP contribution in [0.1, 0.15) is 33.1 Å². The summed E-state index contributed by atoms with van der Waals surface area (Å²) >= 11 is 0. The van der Waals surface area contributed by atoms with E-state index >= 15 is 0 Å². The second-order valence-corrected chi connectivity index (χ2v) is 3.53. The lowest BCUT2D eigenvalue weighted by atomic mass is 10.2. The Morgan fingerprint density at radius 3 is 2.81 bits per heavy atom. The number of rotatable bonds is 7. The molecule has 0 bridgehead atoms. The Bertz CT molecular complexity index is 276. The molecule has 2 unspecified atom stereocenters. The molecule has 6 nitrogen and oxygen atoms in total. The van der Waals surface area contributed by atoms with Crippen LogP contribution in [0.4, 0.5) is 0 Å². The third-order valence-electron chi connectivity index (χ3n) is 2.00. The van der Waals surface area contributed by atoms with E-state index in [-0.39, 0.29) is 0 Å². The van der Waals surface area contributed by atoms with Gasteiger partial charge in [0, 0.05) is 0 Å². The quantitative estimate of drug-likeness (QED) is 0.293. The number of allylic oxidation sites excluding steroid dienone is 1. The highest BCUT2D eigenvalue weighted by atomic mass is 16.5. The van der Waals surface area contributed by atoms with Gasteiger partial charge >= 0.3 is 0 Å². The zero-order chi connectivity index (χ0) is 12.6. The largest absolute Gasteiger partial charge is 0.595 e. The molecule has 0 heterocycles. The molecule has 0 aliphatic rings. The van der Waals surface area contributed by atoms with Crippen LogP contribution in [0, 0.1) is 5.21 Å². The minimum absolute atomic E-state index is 0.340. The molecule has 0 rings (SSSR count). The third-order valence-corrected chi connectivity index (χ3v) is 2.00. The molecule has 0 aromatic carbocycles. The molecule has 6 heteroatoms. The standard InChI is InChI=1S/C10H19N3O3/c1-3-4-5-6-7-13(16)12-8(2)9(14)10(11)15/h6-9,14H,3-5H2,1-2H3,(H2,11,15)/b7-6+,13-12?. The molecule has 2 atom stereocenters. The number of primary amides is 1. The lowest BCUT2D eigenvalue weighted by Crippen LogP contribution is -2.36. The highest BCUT2D eigenvalue weighted by Crippen LogP contribution is 2.00. The third kappa shape index (κ3) is 6.13. The molecule has 0 aliphatic carbocycles. The molecular formula is C10H19N3O3. The second-order valence-electron chi connectivity index (χ2n) is 3.53. The van der Waals surface area contributed by atoms with Gasteiger partial charge in [-0.25, -0.2) is 0 Å². The van der Waals surface area contributed by atoms with Crippen molar-refractivity contribution >= 4 is 5.91 Å². The van der Waals surface area contributed by atoms with E-state index < -0.39 is 18.1 Å². The van der Waals surface area contributed by atoms with Crippen LogP contribution in [0.25, 0.3) is 0 Å². The molecule has 0 aromatic rings. The molecular weight excluding hydrogens is 210 g/mol. The first-order valence-electron chi connectivity index (χ1n) is 5.30. The second kappa shape index (κ2) is 7.81. The number of carbonyl (C=O) groups excluding carboxylic acids is 1. The molecule has 3 N–H and O–H groups in total. The number of aliphatic hydroxyl groups is 1. The number of unbranched alkanes of at least 4 members (excludes halogenated alkanes) is 2. The lowest BCUT2D eigenvalue weighted by Gasteiger charge is -2.08.